The predicted molar refractivity (Wildman–Crippen MR) is 133 cm³/mol. The second kappa shape index (κ2) is 11.4. The molecule has 2 heterocycles. The van der Waals surface area contributed by atoms with E-state index in [2.05, 4.69) is 48.0 Å². The van der Waals surface area contributed by atoms with E-state index in [4.69, 9.17) is 9.47 Å². The fourth-order valence-electron chi connectivity index (χ4n) is 3.65. The third kappa shape index (κ3) is 5.88. The summed E-state index contributed by atoms with van der Waals surface area (Å²) in [5.74, 6) is -0.758. The van der Waals surface area contributed by atoms with Crippen LogP contribution in [0.2, 0.25) is 0 Å². The number of hydrogen-bond acceptors (Lipinski definition) is 7. The molecule has 3 aromatic rings. The van der Waals surface area contributed by atoms with Crippen molar-refractivity contribution in [2.45, 2.75) is 6.42 Å². The lowest BCUT2D eigenvalue weighted by atomic mass is 10.1. The van der Waals surface area contributed by atoms with Crippen LogP contribution in [0.5, 0.6) is 5.75 Å². The molecule has 0 atom stereocenters. The maximum Gasteiger partial charge on any atom is 0.247 e. The summed E-state index contributed by atoms with van der Waals surface area (Å²) >= 11 is 3.42. The van der Waals surface area contributed by atoms with Crippen molar-refractivity contribution in [3.05, 3.63) is 59.6 Å². The molecular weight excluding hydrogens is 505 g/mol. The van der Waals surface area contributed by atoms with Crippen LogP contribution >= 0.6 is 15.9 Å². The van der Waals surface area contributed by atoms with Gasteiger partial charge in [-0.05, 0) is 30.7 Å². The highest BCUT2D eigenvalue weighted by atomic mass is 79.9. The first-order valence-electron chi connectivity index (χ1n) is 10.9. The van der Waals surface area contributed by atoms with Gasteiger partial charge in [0.15, 0.2) is 5.82 Å². The van der Waals surface area contributed by atoms with Gasteiger partial charge in [0.1, 0.15) is 23.6 Å². The first kappa shape index (κ1) is 24.1. The van der Waals surface area contributed by atoms with Crippen molar-refractivity contribution < 1.29 is 18.7 Å². The molecule has 2 aromatic carbocycles. The van der Waals surface area contributed by atoms with Crippen LogP contribution in [0.15, 0.2) is 53.8 Å². The molecule has 10 heteroatoms. The SMILES string of the molecule is C=CC(=O)Nc1c(OCCCN2CCOCC2)cc2ncnc(Nc3cccc(Br)c3)c2c1F. The van der Waals surface area contributed by atoms with Gasteiger partial charge in [0.05, 0.1) is 30.7 Å². The number of carbonyl (C=O) groups is 1. The molecule has 1 fully saturated rings. The molecule has 0 radical (unpaired) electrons. The summed E-state index contributed by atoms with van der Waals surface area (Å²) in [7, 11) is 0. The monoisotopic (exact) mass is 529 g/mol. The van der Waals surface area contributed by atoms with Crippen LogP contribution in [0.25, 0.3) is 10.9 Å². The molecule has 1 amide bonds. The third-order valence-electron chi connectivity index (χ3n) is 5.33. The maximum atomic E-state index is 15.8. The summed E-state index contributed by atoms with van der Waals surface area (Å²) in [6.07, 6.45) is 3.17. The number of carbonyl (C=O) groups excluding carboxylic acids is 1. The van der Waals surface area contributed by atoms with Gasteiger partial charge in [-0.3, -0.25) is 9.69 Å². The summed E-state index contributed by atoms with van der Waals surface area (Å²) in [5, 5.41) is 5.80. The Balaban J connectivity index is 1.61. The predicted octanol–water partition coefficient (Wildman–Crippen LogP) is 4.50. The van der Waals surface area contributed by atoms with Gasteiger partial charge in [0.2, 0.25) is 5.91 Å². The van der Waals surface area contributed by atoms with Crippen molar-refractivity contribution in [2.75, 3.05) is 50.1 Å². The zero-order chi connectivity index (χ0) is 23.9. The van der Waals surface area contributed by atoms with E-state index >= 15 is 4.39 Å². The van der Waals surface area contributed by atoms with E-state index in [1.54, 1.807) is 6.07 Å². The molecule has 0 spiro atoms. The van der Waals surface area contributed by atoms with Gasteiger partial charge >= 0.3 is 0 Å². The molecule has 0 aliphatic carbocycles. The standard InChI is InChI=1S/C24H25BrFN5O3/c1-2-20(32)30-23-19(34-10-4-7-31-8-11-33-12-9-31)14-18-21(22(23)26)24(28-15-27-18)29-17-6-3-5-16(25)13-17/h2-3,5-6,13-15H,1,4,7-12H2,(H,30,32)(H,27,28,29). The van der Waals surface area contributed by atoms with E-state index in [9.17, 15) is 4.79 Å². The number of morpholine rings is 1. The number of ether oxygens (including phenoxy) is 2. The quantitative estimate of drug-likeness (QED) is 0.311. The number of nitrogens with zero attached hydrogens (tertiary/aromatic N) is 3. The first-order chi connectivity index (χ1) is 16.5. The van der Waals surface area contributed by atoms with Crippen molar-refractivity contribution in [1.82, 2.24) is 14.9 Å². The van der Waals surface area contributed by atoms with Gasteiger partial charge in [-0.15, -0.1) is 0 Å². The number of anilines is 3. The average molecular weight is 530 g/mol. The summed E-state index contributed by atoms with van der Waals surface area (Å²) < 4.78 is 27.9. The minimum atomic E-state index is -0.686. The number of benzene rings is 2. The van der Waals surface area contributed by atoms with Crippen molar-refractivity contribution in [3.8, 4) is 5.75 Å². The number of halogens is 2. The number of aromatic nitrogens is 2. The van der Waals surface area contributed by atoms with Crippen molar-refractivity contribution in [3.63, 3.8) is 0 Å². The Kier molecular flexibility index (Phi) is 8.04. The molecule has 1 aliphatic rings. The number of hydrogen-bond donors (Lipinski definition) is 2. The summed E-state index contributed by atoms with van der Waals surface area (Å²) in [6.45, 7) is 7.88. The number of fused-ring (bicyclic) bond motifs is 1. The summed E-state index contributed by atoms with van der Waals surface area (Å²) in [6, 6.07) is 9.03. The van der Waals surface area contributed by atoms with E-state index < -0.39 is 11.7 Å². The minimum Gasteiger partial charge on any atom is -0.491 e. The minimum absolute atomic E-state index is 0.0733. The third-order valence-corrected chi connectivity index (χ3v) is 5.82. The Morgan fingerprint density at radius 3 is 2.88 bits per heavy atom. The Morgan fingerprint density at radius 1 is 1.29 bits per heavy atom. The van der Waals surface area contributed by atoms with Gasteiger partial charge in [0, 0.05) is 35.9 Å². The molecule has 2 N–H and O–H groups in total. The van der Waals surface area contributed by atoms with E-state index in [1.165, 1.54) is 6.33 Å². The zero-order valence-electron chi connectivity index (χ0n) is 18.5. The van der Waals surface area contributed by atoms with Gasteiger partial charge in [0.25, 0.3) is 0 Å². The molecule has 34 heavy (non-hydrogen) atoms. The fraction of sp³-hybridized carbons (Fsp3) is 0.292. The highest BCUT2D eigenvalue weighted by molar-refractivity contribution is 9.10. The molecule has 8 nitrogen and oxygen atoms in total. The van der Waals surface area contributed by atoms with Crippen LogP contribution < -0.4 is 15.4 Å². The Morgan fingerprint density at radius 2 is 2.12 bits per heavy atom. The topological polar surface area (TPSA) is 88.6 Å². The average Bonchev–Trinajstić information content (AvgIpc) is 2.84. The van der Waals surface area contributed by atoms with Crippen molar-refractivity contribution in [2.24, 2.45) is 0 Å². The van der Waals surface area contributed by atoms with Crippen molar-refractivity contribution in [1.29, 1.82) is 0 Å². The number of amides is 1. The van der Waals surface area contributed by atoms with Crippen LogP contribution in [0.4, 0.5) is 21.6 Å². The van der Waals surface area contributed by atoms with Crippen LogP contribution in [-0.4, -0.2) is 60.2 Å². The fourth-order valence-corrected chi connectivity index (χ4v) is 4.05. The lowest BCUT2D eigenvalue weighted by molar-refractivity contribution is -0.111. The number of nitrogens with one attached hydrogen (secondary N) is 2. The highest BCUT2D eigenvalue weighted by Gasteiger charge is 2.21. The van der Waals surface area contributed by atoms with E-state index in [0.29, 0.717) is 17.8 Å². The second-order valence-corrected chi connectivity index (χ2v) is 8.58. The molecule has 1 aliphatic heterocycles. The van der Waals surface area contributed by atoms with Crippen LogP contribution in [0, 0.1) is 5.82 Å². The zero-order valence-corrected chi connectivity index (χ0v) is 20.1. The molecule has 0 unspecified atom stereocenters. The van der Waals surface area contributed by atoms with Crippen molar-refractivity contribution >= 4 is 49.9 Å². The second-order valence-electron chi connectivity index (χ2n) is 7.66. The largest absolute Gasteiger partial charge is 0.491 e. The van der Waals surface area contributed by atoms with Crippen LogP contribution in [0.1, 0.15) is 6.42 Å². The molecule has 1 aromatic heterocycles. The van der Waals surface area contributed by atoms with Gasteiger partial charge in [-0.1, -0.05) is 28.6 Å². The number of rotatable bonds is 9. The maximum absolute atomic E-state index is 15.8. The highest BCUT2D eigenvalue weighted by Crippen LogP contribution is 2.37. The van der Waals surface area contributed by atoms with Gasteiger partial charge in [-0.2, -0.15) is 0 Å². The normalized spacial score (nSPS) is 14.1. The smallest absolute Gasteiger partial charge is 0.247 e. The van der Waals surface area contributed by atoms with Crippen LogP contribution in [0.3, 0.4) is 0 Å². The van der Waals surface area contributed by atoms with E-state index in [1.807, 2.05) is 24.3 Å². The molecular formula is C24H25BrFN5O3. The van der Waals surface area contributed by atoms with E-state index in [-0.39, 0.29) is 22.6 Å². The molecule has 178 valence electrons. The van der Waals surface area contributed by atoms with Gasteiger partial charge in [-0.25, -0.2) is 14.4 Å². The van der Waals surface area contributed by atoms with E-state index in [0.717, 1.165) is 49.8 Å². The molecule has 0 bridgehead atoms. The Hall–Kier alpha value is -3.08. The molecule has 4 rings (SSSR count). The molecule has 0 saturated carbocycles. The Labute approximate surface area is 205 Å². The Bertz CT molecular complexity index is 1190. The van der Waals surface area contributed by atoms with Crippen LogP contribution in [-0.2, 0) is 9.53 Å². The lowest BCUT2D eigenvalue weighted by Gasteiger charge is -2.26. The summed E-state index contributed by atoms with van der Waals surface area (Å²) in [4.78, 5) is 22.8. The molecule has 1 saturated heterocycles. The van der Waals surface area contributed by atoms with Gasteiger partial charge < -0.3 is 20.1 Å². The summed E-state index contributed by atoms with van der Waals surface area (Å²) in [5.41, 5.74) is 0.995. The lowest BCUT2D eigenvalue weighted by Crippen LogP contribution is -2.37. The first-order valence-corrected chi connectivity index (χ1v) is 11.7.